The zero-order valence-electron chi connectivity index (χ0n) is 16.3. The third-order valence-electron chi connectivity index (χ3n) is 5.16. The van der Waals surface area contributed by atoms with Gasteiger partial charge in [-0.3, -0.25) is 0 Å². The summed E-state index contributed by atoms with van der Waals surface area (Å²) in [5.41, 5.74) is 5.34. The van der Waals surface area contributed by atoms with Crippen LogP contribution < -0.4 is 0 Å². The number of hydrogen-bond donors (Lipinski definition) is 0. The second kappa shape index (κ2) is 9.38. The second-order valence-corrected chi connectivity index (χ2v) is 7.28. The molecule has 0 radical (unpaired) electrons. The molecule has 0 fully saturated rings. The Kier molecular flexibility index (Phi) is 6.21. The lowest BCUT2D eigenvalue weighted by Crippen LogP contribution is -1.98. The molecule has 0 bridgehead atoms. The smallest absolute Gasteiger partial charge is 0.0716 e. The van der Waals surface area contributed by atoms with Crippen molar-refractivity contribution < 1.29 is 4.74 Å². The van der Waals surface area contributed by atoms with Crippen molar-refractivity contribution in [3.05, 3.63) is 108 Å². The summed E-state index contributed by atoms with van der Waals surface area (Å²) in [7, 11) is 0. The van der Waals surface area contributed by atoms with Gasteiger partial charge in [-0.15, -0.1) is 0 Å². The topological polar surface area (TPSA) is 14.2 Å². The number of hydrogen-bond acceptors (Lipinski definition) is 1. The molecule has 0 saturated heterocycles. The van der Waals surface area contributed by atoms with Crippen LogP contribution in [0.3, 0.4) is 0 Å². The molecule has 0 aliphatic rings. The van der Waals surface area contributed by atoms with E-state index < -0.39 is 0 Å². The molecule has 0 spiro atoms. The molecule has 0 atom stereocenters. The highest BCUT2D eigenvalue weighted by Crippen LogP contribution is 2.24. The van der Waals surface area contributed by atoms with Crippen molar-refractivity contribution in [1.29, 1.82) is 0 Å². The minimum atomic E-state index is 0.706. The third-order valence-corrected chi connectivity index (χ3v) is 5.16. The van der Waals surface area contributed by atoms with Crippen LogP contribution in [0.4, 0.5) is 0 Å². The Balaban J connectivity index is 1.33. The van der Waals surface area contributed by atoms with Gasteiger partial charge >= 0.3 is 0 Å². The van der Waals surface area contributed by atoms with Crippen molar-refractivity contribution >= 4 is 10.9 Å². The number of rotatable bonds is 9. The molecule has 2 nitrogen and oxygen atoms in total. The van der Waals surface area contributed by atoms with E-state index in [-0.39, 0.29) is 0 Å². The Morgan fingerprint density at radius 1 is 0.679 bits per heavy atom. The molecule has 4 aromatic rings. The number of aryl methyl sites for hydroxylation is 1. The summed E-state index contributed by atoms with van der Waals surface area (Å²) < 4.78 is 8.20. The van der Waals surface area contributed by atoms with Crippen LogP contribution in [0, 0.1) is 0 Å². The normalized spacial score (nSPS) is 11.1. The minimum Gasteiger partial charge on any atom is -0.377 e. The predicted octanol–water partition coefficient (Wildman–Crippen LogP) is 6.23. The second-order valence-electron chi connectivity index (χ2n) is 7.28. The number of aromatic nitrogens is 1. The zero-order valence-corrected chi connectivity index (χ0v) is 16.3. The third kappa shape index (κ3) is 4.71. The molecule has 1 heterocycles. The molecule has 0 aliphatic heterocycles. The monoisotopic (exact) mass is 369 g/mol. The summed E-state index contributed by atoms with van der Waals surface area (Å²) >= 11 is 0. The highest BCUT2D eigenvalue weighted by Gasteiger charge is 2.08. The highest BCUT2D eigenvalue weighted by atomic mass is 16.5. The van der Waals surface area contributed by atoms with E-state index in [0.717, 1.165) is 32.4 Å². The molecule has 3 aromatic carbocycles. The van der Waals surface area contributed by atoms with Crippen LogP contribution >= 0.6 is 0 Å². The first-order valence-electron chi connectivity index (χ1n) is 10.1. The fourth-order valence-electron chi connectivity index (χ4n) is 3.72. The maximum absolute atomic E-state index is 5.82. The fraction of sp³-hybridized carbons (Fsp3) is 0.231. The molecule has 0 amide bonds. The molecule has 28 heavy (non-hydrogen) atoms. The van der Waals surface area contributed by atoms with Gasteiger partial charge in [-0.1, -0.05) is 78.9 Å². The van der Waals surface area contributed by atoms with E-state index in [0.29, 0.717) is 6.61 Å². The van der Waals surface area contributed by atoms with E-state index in [9.17, 15) is 0 Å². The van der Waals surface area contributed by atoms with Crippen molar-refractivity contribution in [2.75, 3.05) is 6.61 Å². The standard InChI is InChI=1S/C26H27NO/c1-3-11-22(12-4-1)19-27-20-24(25-16-7-8-17-26(25)27)15-9-10-18-28-21-23-13-5-2-6-14-23/h1-8,11-14,16-17,20H,9-10,15,18-19,21H2. The Bertz CT molecular complexity index is 989. The SMILES string of the molecule is c1ccc(COCCCCc2cn(Cc3ccccc3)c3ccccc23)cc1. The summed E-state index contributed by atoms with van der Waals surface area (Å²) in [6.45, 7) is 2.44. The molecule has 1 aromatic heterocycles. The largest absolute Gasteiger partial charge is 0.377 e. The molecule has 0 unspecified atom stereocenters. The summed E-state index contributed by atoms with van der Waals surface area (Å²) in [5, 5.41) is 1.38. The number of fused-ring (bicyclic) bond motifs is 1. The number of unbranched alkanes of at least 4 members (excludes halogenated alkanes) is 1. The molecule has 2 heteroatoms. The fourth-order valence-corrected chi connectivity index (χ4v) is 3.72. The average Bonchev–Trinajstić information content (AvgIpc) is 3.10. The number of benzene rings is 3. The van der Waals surface area contributed by atoms with E-state index in [1.165, 1.54) is 27.6 Å². The van der Waals surface area contributed by atoms with Gasteiger partial charge < -0.3 is 9.30 Å². The van der Waals surface area contributed by atoms with Crippen LogP contribution in [0.2, 0.25) is 0 Å². The number of para-hydroxylation sites is 1. The quantitative estimate of drug-likeness (QED) is 0.319. The van der Waals surface area contributed by atoms with Gasteiger partial charge in [0.15, 0.2) is 0 Å². The highest BCUT2D eigenvalue weighted by molar-refractivity contribution is 5.84. The van der Waals surface area contributed by atoms with Crippen molar-refractivity contribution in [3.8, 4) is 0 Å². The average molecular weight is 370 g/mol. The molecular formula is C26H27NO. The van der Waals surface area contributed by atoms with E-state index in [4.69, 9.17) is 4.74 Å². The lowest BCUT2D eigenvalue weighted by molar-refractivity contribution is 0.117. The van der Waals surface area contributed by atoms with Crippen molar-refractivity contribution in [2.45, 2.75) is 32.4 Å². The summed E-state index contributed by atoms with van der Waals surface area (Å²) in [5.74, 6) is 0. The summed E-state index contributed by atoms with van der Waals surface area (Å²) in [4.78, 5) is 0. The van der Waals surface area contributed by atoms with Crippen LogP contribution in [0.5, 0.6) is 0 Å². The maximum atomic E-state index is 5.82. The van der Waals surface area contributed by atoms with Gasteiger partial charge in [-0.25, -0.2) is 0 Å². The van der Waals surface area contributed by atoms with Crippen LogP contribution in [-0.2, 0) is 24.3 Å². The van der Waals surface area contributed by atoms with Crippen LogP contribution in [0.1, 0.15) is 29.5 Å². The van der Waals surface area contributed by atoms with Gasteiger partial charge in [0.05, 0.1) is 6.61 Å². The van der Waals surface area contributed by atoms with Crippen LogP contribution in [-0.4, -0.2) is 11.2 Å². The molecule has 142 valence electrons. The van der Waals surface area contributed by atoms with Gasteiger partial charge in [0.2, 0.25) is 0 Å². The first-order chi connectivity index (χ1) is 13.9. The maximum Gasteiger partial charge on any atom is 0.0716 e. The molecule has 0 aliphatic carbocycles. The zero-order chi connectivity index (χ0) is 19.0. The van der Waals surface area contributed by atoms with Gasteiger partial charge in [0.25, 0.3) is 0 Å². The van der Waals surface area contributed by atoms with Gasteiger partial charge in [-0.05, 0) is 42.0 Å². The van der Waals surface area contributed by atoms with Gasteiger partial charge in [0, 0.05) is 30.3 Å². The molecule has 4 rings (SSSR count). The molecule has 0 saturated carbocycles. The van der Waals surface area contributed by atoms with Crippen molar-refractivity contribution in [2.24, 2.45) is 0 Å². The van der Waals surface area contributed by atoms with E-state index in [1.807, 2.05) is 6.07 Å². The first-order valence-corrected chi connectivity index (χ1v) is 10.1. The Morgan fingerprint density at radius 3 is 2.14 bits per heavy atom. The summed E-state index contributed by atoms with van der Waals surface area (Å²) in [6, 6.07) is 29.8. The predicted molar refractivity (Wildman–Crippen MR) is 117 cm³/mol. The van der Waals surface area contributed by atoms with E-state index >= 15 is 0 Å². The van der Waals surface area contributed by atoms with E-state index in [1.54, 1.807) is 0 Å². The Morgan fingerprint density at radius 2 is 1.36 bits per heavy atom. The Labute approximate surface area is 167 Å². The lowest BCUT2D eigenvalue weighted by Gasteiger charge is -2.05. The lowest BCUT2D eigenvalue weighted by atomic mass is 10.1. The molecule has 0 N–H and O–H groups in total. The van der Waals surface area contributed by atoms with Gasteiger partial charge in [-0.2, -0.15) is 0 Å². The van der Waals surface area contributed by atoms with Crippen molar-refractivity contribution in [3.63, 3.8) is 0 Å². The number of ether oxygens (including phenoxy) is 1. The van der Waals surface area contributed by atoms with E-state index in [2.05, 4.69) is 89.6 Å². The number of nitrogens with zero attached hydrogens (tertiary/aromatic N) is 1. The van der Waals surface area contributed by atoms with Crippen molar-refractivity contribution in [1.82, 2.24) is 4.57 Å². The minimum absolute atomic E-state index is 0.706. The van der Waals surface area contributed by atoms with Crippen LogP contribution in [0.15, 0.2) is 91.1 Å². The summed E-state index contributed by atoms with van der Waals surface area (Å²) in [6.07, 6.45) is 5.67. The molecular weight excluding hydrogens is 342 g/mol. The Hall–Kier alpha value is -2.84. The van der Waals surface area contributed by atoms with Crippen LogP contribution in [0.25, 0.3) is 10.9 Å². The van der Waals surface area contributed by atoms with Gasteiger partial charge in [0.1, 0.15) is 0 Å². The first kappa shape index (κ1) is 18.5.